The first-order valence-electron chi connectivity index (χ1n) is 5.18. The van der Waals surface area contributed by atoms with Crippen molar-refractivity contribution in [2.45, 2.75) is 32.6 Å². The van der Waals surface area contributed by atoms with E-state index in [4.69, 9.17) is 0 Å². The Kier molecular flexibility index (Phi) is 2.54. The maximum Gasteiger partial charge on any atom is 0 e. The molecule has 0 saturated heterocycles. The van der Waals surface area contributed by atoms with E-state index in [1.165, 1.54) is 12.8 Å². The molecule has 0 nitrogen and oxygen atoms in total. The van der Waals surface area contributed by atoms with Crippen molar-refractivity contribution in [2.75, 3.05) is 0 Å². The fourth-order valence-corrected chi connectivity index (χ4v) is 3.87. The van der Waals surface area contributed by atoms with Crippen molar-refractivity contribution in [3.8, 4) is 0 Å². The third kappa shape index (κ3) is 1.27. The molecule has 12 heavy (non-hydrogen) atoms. The van der Waals surface area contributed by atoms with Crippen LogP contribution in [0.2, 0.25) is 0 Å². The number of hydrogen-bond donors (Lipinski definition) is 0. The average Bonchev–Trinajstić information content (AvgIpc) is 1.98. The molecule has 0 amide bonds. The summed E-state index contributed by atoms with van der Waals surface area (Å²) in [4.78, 5) is 0. The van der Waals surface area contributed by atoms with Crippen LogP contribution < -0.4 is 0 Å². The minimum absolute atomic E-state index is 0. The molecule has 0 aromatic heterocycles. The van der Waals surface area contributed by atoms with Gasteiger partial charge in [0.2, 0.25) is 0 Å². The van der Waals surface area contributed by atoms with E-state index in [0.29, 0.717) is 0 Å². The molecule has 5 unspecified atom stereocenters. The molecule has 4 fully saturated rings. The quantitative estimate of drug-likeness (QED) is 0.571. The fraction of sp³-hybridized carbons (Fsp3) is 0.909. The predicted octanol–water partition coefficient (Wildman–Crippen LogP) is 2.89. The van der Waals surface area contributed by atoms with E-state index in [-0.39, 0.29) is 26.2 Å². The van der Waals surface area contributed by atoms with Crippen LogP contribution >= 0.6 is 0 Å². The van der Waals surface area contributed by atoms with Gasteiger partial charge in [0.1, 0.15) is 0 Å². The van der Waals surface area contributed by atoms with E-state index in [1.54, 1.807) is 12.8 Å². The largest absolute Gasteiger partial charge is 0.322 e. The summed E-state index contributed by atoms with van der Waals surface area (Å²) in [7, 11) is 0. The molecule has 0 aromatic rings. The van der Waals surface area contributed by atoms with Gasteiger partial charge in [0, 0.05) is 26.2 Å². The summed E-state index contributed by atoms with van der Waals surface area (Å²) >= 11 is 0. The Bertz CT molecular complexity index is 148. The van der Waals surface area contributed by atoms with Gasteiger partial charge in [-0.25, -0.2) is 0 Å². The molecule has 4 aliphatic carbocycles. The molecule has 4 saturated carbocycles. The standard InChI is InChI=1S/C11H17.Zr/c1-7-10-3-8-2-9(5-10)6-11(7)4-8;/h3,7-11H,2,4-6H2,1H3;/q-1;. The Morgan fingerprint density at radius 3 is 2.58 bits per heavy atom. The van der Waals surface area contributed by atoms with Crippen LogP contribution in [-0.2, 0) is 26.2 Å². The molecular weight excluding hydrogens is 223 g/mol. The topological polar surface area (TPSA) is 0 Å². The third-order valence-corrected chi connectivity index (χ3v) is 4.42. The van der Waals surface area contributed by atoms with Crippen molar-refractivity contribution in [3.63, 3.8) is 0 Å². The monoisotopic (exact) mass is 239 g/mol. The summed E-state index contributed by atoms with van der Waals surface area (Å²) in [6.07, 6.45) is 8.86. The summed E-state index contributed by atoms with van der Waals surface area (Å²) in [6.45, 7) is 2.48. The van der Waals surface area contributed by atoms with Crippen LogP contribution in [0.25, 0.3) is 0 Å². The van der Waals surface area contributed by atoms with Crippen LogP contribution in [0.1, 0.15) is 32.6 Å². The molecule has 66 valence electrons. The van der Waals surface area contributed by atoms with Crippen molar-refractivity contribution in [1.29, 1.82) is 0 Å². The van der Waals surface area contributed by atoms with E-state index in [0.717, 1.165) is 29.6 Å². The van der Waals surface area contributed by atoms with Gasteiger partial charge < -0.3 is 6.42 Å². The molecular formula is C11H17Zr-. The summed E-state index contributed by atoms with van der Waals surface area (Å²) < 4.78 is 0. The molecule has 0 radical (unpaired) electrons. The van der Waals surface area contributed by atoms with Gasteiger partial charge in [-0.3, -0.25) is 0 Å². The molecule has 0 N–H and O–H groups in total. The van der Waals surface area contributed by atoms with Crippen molar-refractivity contribution in [3.05, 3.63) is 6.42 Å². The Labute approximate surface area is 94.6 Å². The maximum atomic E-state index is 2.68. The van der Waals surface area contributed by atoms with Gasteiger partial charge in [-0.15, -0.1) is 0 Å². The van der Waals surface area contributed by atoms with Gasteiger partial charge in [0.05, 0.1) is 0 Å². The van der Waals surface area contributed by atoms with E-state index in [1.807, 2.05) is 0 Å². The predicted molar refractivity (Wildman–Crippen MR) is 45.9 cm³/mol. The summed E-state index contributed by atoms with van der Waals surface area (Å²) in [5.74, 6) is 5.33. The van der Waals surface area contributed by atoms with Crippen molar-refractivity contribution < 1.29 is 26.2 Å². The minimum atomic E-state index is 0. The van der Waals surface area contributed by atoms with Crippen molar-refractivity contribution >= 4 is 0 Å². The number of hydrogen-bond acceptors (Lipinski definition) is 0. The molecule has 4 aliphatic rings. The van der Waals surface area contributed by atoms with Gasteiger partial charge in [-0.1, -0.05) is 32.1 Å². The van der Waals surface area contributed by atoms with Crippen LogP contribution in [0.4, 0.5) is 0 Å². The Morgan fingerprint density at radius 1 is 1.08 bits per heavy atom. The minimum Gasteiger partial charge on any atom is -0.322 e. The zero-order valence-electron chi connectivity index (χ0n) is 7.79. The van der Waals surface area contributed by atoms with Gasteiger partial charge in [-0.05, 0) is 18.3 Å². The zero-order chi connectivity index (χ0) is 7.42. The van der Waals surface area contributed by atoms with E-state index < -0.39 is 0 Å². The summed E-state index contributed by atoms with van der Waals surface area (Å²) in [5.41, 5.74) is 0. The zero-order valence-corrected chi connectivity index (χ0v) is 10.3. The van der Waals surface area contributed by atoms with Crippen LogP contribution in [0, 0.1) is 36.0 Å². The normalized spacial score (nSPS) is 55.2. The molecule has 0 spiro atoms. The third-order valence-electron chi connectivity index (χ3n) is 4.42. The van der Waals surface area contributed by atoms with Crippen LogP contribution in [-0.4, -0.2) is 0 Å². The van der Waals surface area contributed by atoms with E-state index in [2.05, 4.69) is 13.3 Å². The SMILES string of the molecule is CC1C2[CH-]C3CC(C2)CC1C3.[Zr]. The van der Waals surface area contributed by atoms with Crippen molar-refractivity contribution in [1.82, 2.24) is 0 Å². The Balaban J connectivity index is 0.000000563. The summed E-state index contributed by atoms with van der Waals surface area (Å²) in [6, 6.07) is 0. The first kappa shape index (κ1) is 9.44. The second-order valence-corrected chi connectivity index (χ2v) is 5.04. The summed E-state index contributed by atoms with van der Waals surface area (Å²) in [5, 5.41) is 0. The second kappa shape index (κ2) is 3.23. The molecule has 1 heteroatoms. The van der Waals surface area contributed by atoms with Gasteiger partial charge in [0.15, 0.2) is 0 Å². The van der Waals surface area contributed by atoms with E-state index >= 15 is 0 Å². The van der Waals surface area contributed by atoms with Crippen LogP contribution in [0.3, 0.4) is 0 Å². The molecule has 0 aliphatic heterocycles. The smallest absolute Gasteiger partial charge is 0 e. The Hall–Kier alpha value is 0.883. The molecule has 5 atom stereocenters. The van der Waals surface area contributed by atoms with Crippen LogP contribution in [0.15, 0.2) is 0 Å². The molecule has 4 bridgehead atoms. The molecule has 0 heterocycles. The molecule has 0 aromatic carbocycles. The number of rotatable bonds is 0. The van der Waals surface area contributed by atoms with Crippen molar-refractivity contribution in [2.24, 2.45) is 29.6 Å². The first-order valence-corrected chi connectivity index (χ1v) is 5.18. The second-order valence-electron chi connectivity index (χ2n) is 5.04. The maximum absolute atomic E-state index is 2.68. The molecule has 4 rings (SSSR count). The van der Waals surface area contributed by atoms with Crippen LogP contribution in [0.5, 0.6) is 0 Å². The van der Waals surface area contributed by atoms with Gasteiger partial charge >= 0.3 is 0 Å². The first-order chi connectivity index (χ1) is 5.33. The van der Waals surface area contributed by atoms with Gasteiger partial charge in [0.25, 0.3) is 0 Å². The average molecular weight is 240 g/mol. The van der Waals surface area contributed by atoms with E-state index in [9.17, 15) is 0 Å². The van der Waals surface area contributed by atoms with Gasteiger partial charge in [-0.2, -0.15) is 11.8 Å². The Morgan fingerprint density at radius 2 is 1.92 bits per heavy atom. The fourth-order valence-electron chi connectivity index (χ4n) is 3.87.